The fourth-order valence-electron chi connectivity index (χ4n) is 2.05. The number of nitrogens with zero attached hydrogens (tertiary/aromatic N) is 1. The second-order valence-electron chi connectivity index (χ2n) is 5.94. The lowest BCUT2D eigenvalue weighted by atomic mass is 10.1. The van der Waals surface area contributed by atoms with Crippen molar-refractivity contribution in [3.63, 3.8) is 0 Å². The Labute approximate surface area is 119 Å². The van der Waals surface area contributed by atoms with E-state index in [1.165, 1.54) is 0 Å². The standard InChI is InChI=1S/C12H24BrNO3S/c1-10(2)5-6-18(15,16)14-8-11(7-13)17-12(3,4)9-14/h10-11H,5-9H2,1-4H3. The van der Waals surface area contributed by atoms with Gasteiger partial charge in [0.05, 0.1) is 17.5 Å². The van der Waals surface area contributed by atoms with Gasteiger partial charge in [-0.25, -0.2) is 8.42 Å². The second kappa shape index (κ2) is 6.20. The molecule has 0 radical (unpaired) electrons. The largest absolute Gasteiger partial charge is 0.369 e. The molecular weight excluding hydrogens is 318 g/mol. The van der Waals surface area contributed by atoms with Crippen LogP contribution >= 0.6 is 15.9 Å². The van der Waals surface area contributed by atoms with Crippen molar-refractivity contribution in [2.45, 2.75) is 45.8 Å². The van der Waals surface area contributed by atoms with Crippen molar-refractivity contribution in [2.24, 2.45) is 5.92 Å². The zero-order valence-electron chi connectivity index (χ0n) is 11.6. The summed E-state index contributed by atoms with van der Waals surface area (Å²) in [6, 6.07) is 0. The number of ether oxygens (including phenoxy) is 1. The van der Waals surface area contributed by atoms with Crippen LogP contribution in [0, 0.1) is 5.92 Å². The quantitative estimate of drug-likeness (QED) is 0.720. The van der Waals surface area contributed by atoms with Gasteiger partial charge in [0.25, 0.3) is 0 Å². The van der Waals surface area contributed by atoms with E-state index in [0.29, 0.717) is 30.8 Å². The third kappa shape index (κ3) is 4.79. The SMILES string of the molecule is CC(C)CCS(=O)(=O)N1CC(CBr)OC(C)(C)C1. The van der Waals surface area contributed by atoms with Crippen LogP contribution in [-0.2, 0) is 14.8 Å². The van der Waals surface area contributed by atoms with Gasteiger partial charge in [-0.3, -0.25) is 0 Å². The summed E-state index contributed by atoms with van der Waals surface area (Å²) in [5.74, 6) is 0.635. The molecule has 1 aliphatic heterocycles. The lowest BCUT2D eigenvalue weighted by Crippen LogP contribution is -2.55. The van der Waals surface area contributed by atoms with Crippen molar-refractivity contribution < 1.29 is 13.2 Å². The predicted molar refractivity (Wildman–Crippen MR) is 77.6 cm³/mol. The monoisotopic (exact) mass is 341 g/mol. The normalized spacial score (nSPS) is 25.6. The molecule has 1 rings (SSSR count). The molecule has 6 heteroatoms. The molecule has 1 unspecified atom stereocenters. The highest BCUT2D eigenvalue weighted by Gasteiger charge is 2.38. The Morgan fingerprint density at radius 3 is 2.56 bits per heavy atom. The van der Waals surface area contributed by atoms with Crippen LogP contribution in [0.5, 0.6) is 0 Å². The summed E-state index contributed by atoms with van der Waals surface area (Å²) in [5, 5.41) is 0.659. The summed E-state index contributed by atoms with van der Waals surface area (Å²) in [5.41, 5.74) is -0.415. The molecule has 0 amide bonds. The molecule has 0 saturated carbocycles. The van der Waals surface area contributed by atoms with Crippen molar-refractivity contribution in [1.29, 1.82) is 0 Å². The van der Waals surface area contributed by atoms with E-state index in [-0.39, 0.29) is 11.9 Å². The zero-order chi connectivity index (χ0) is 14.0. The van der Waals surface area contributed by atoms with E-state index >= 15 is 0 Å². The van der Waals surface area contributed by atoms with Gasteiger partial charge in [0.2, 0.25) is 10.0 Å². The van der Waals surface area contributed by atoms with Crippen LogP contribution < -0.4 is 0 Å². The Morgan fingerprint density at radius 1 is 1.44 bits per heavy atom. The Morgan fingerprint density at radius 2 is 2.06 bits per heavy atom. The summed E-state index contributed by atoms with van der Waals surface area (Å²) in [6.45, 7) is 8.85. The van der Waals surface area contributed by atoms with E-state index in [2.05, 4.69) is 15.9 Å². The highest BCUT2D eigenvalue weighted by molar-refractivity contribution is 9.09. The van der Waals surface area contributed by atoms with E-state index in [0.717, 1.165) is 0 Å². The Hall–Kier alpha value is 0.350. The molecule has 0 spiro atoms. The van der Waals surface area contributed by atoms with Gasteiger partial charge >= 0.3 is 0 Å². The fourth-order valence-corrected chi connectivity index (χ4v) is 4.31. The minimum Gasteiger partial charge on any atom is -0.369 e. The van der Waals surface area contributed by atoms with Crippen LogP contribution in [0.3, 0.4) is 0 Å². The van der Waals surface area contributed by atoms with Crippen molar-refractivity contribution in [3.05, 3.63) is 0 Å². The third-order valence-corrected chi connectivity index (χ3v) is 5.51. The van der Waals surface area contributed by atoms with Crippen LogP contribution in [0.15, 0.2) is 0 Å². The summed E-state index contributed by atoms with van der Waals surface area (Å²) in [6.07, 6.45) is 0.640. The first-order valence-electron chi connectivity index (χ1n) is 6.38. The first-order chi connectivity index (χ1) is 8.16. The predicted octanol–water partition coefficient (Wildman–Crippen LogP) is 2.24. The number of sulfonamides is 1. The number of halogens is 1. The number of rotatable bonds is 5. The molecule has 18 heavy (non-hydrogen) atoms. The summed E-state index contributed by atoms with van der Waals surface area (Å²) >= 11 is 3.37. The first-order valence-corrected chi connectivity index (χ1v) is 9.11. The first kappa shape index (κ1) is 16.4. The van der Waals surface area contributed by atoms with Gasteiger partial charge in [-0.2, -0.15) is 4.31 Å². The molecule has 0 aromatic rings. The number of hydrogen-bond acceptors (Lipinski definition) is 3. The van der Waals surface area contributed by atoms with E-state index in [9.17, 15) is 8.42 Å². The Balaban J connectivity index is 2.74. The van der Waals surface area contributed by atoms with Gasteiger partial charge in [-0.15, -0.1) is 0 Å². The van der Waals surface area contributed by atoms with Crippen LogP contribution in [0.4, 0.5) is 0 Å². The van der Waals surface area contributed by atoms with Crippen molar-refractivity contribution in [2.75, 3.05) is 24.2 Å². The van der Waals surface area contributed by atoms with Crippen molar-refractivity contribution in [3.8, 4) is 0 Å². The molecule has 108 valence electrons. The topological polar surface area (TPSA) is 46.6 Å². The molecule has 4 nitrogen and oxygen atoms in total. The molecule has 0 N–H and O–H groups in total. The van der Waals surface area contributed by atoms with Crippen LogP contribution in [-0.4, -0.2) is 48.6 Å². The lowest BCUT2D eigenvalue weighted by Gasteiger charge is -2.41. The second-order valence-corrected chi connectivity index (χ2v) is 8.68. The van der Waals surface area contributed by atoms with E-state index < -0.39 is 15.6 Å². The smallest absolute Gasteiger partial charge is 0.214 e. The fraction of sp³-hybridized carbons (Fsp3) is 1.00. The minimum atomic E-state index is -3.16. The molecular formula is C12H24BrNO3S. The summed E-state index contributed by atoms with van der Waals surface area (Å²) in [7, 11) is -3.16. The van der Waals surface area contributed by atoms with E-state index in [1.807, 2.05) is 27.7 Å². The Bertz CT molecular complexity index is 368. The van der Waals surface area contributed by atoms with Gasteiger partial charge in [-0.05, 0) is 26.2 Å². The van der Waals surface area contributed by atoms with Gasteiger partial charge < -0.3 is 4.74 Å². The number of alkyl halides is 1. The van der Waals surface area contributed by atoms with Gasteiger partial charge in [0.1, 0.15) is 0 Å². The maximum Gasteiger partial charge on any atom is 0.214 e. The third-order valence-electron chi connectivity index (χ3n) is 2.97. The van der Waals surface area contributed by atoms with Gasteiger partial charge in [0, 0.05) is 18.4 Å². The molecule has 0 aromatic carbocycles. The molecule has 1 saturated heterocycles. The summed E-state index contributed by atoms with van der Waals surface area (Å²) in [4.78, 5) is 0. The van der Waals surface area contributed by atoms with Crippen molar-refractivity contribution in [1.82, 2.24) is 4.31 Å². The zero-order valence-corrected chi connectivity index (χ0v) is 14.1. The maximum atomic E-state index is 12.3. The highest BCUT2D eigenvalue weighted by atomic mass is 79.9. The average Bonchev–Trinajstić information content (AvgIpc) is 2.24. The van der Waals surface area contributed by atoms with Crippen molar-refractivity contribution >= 4 is 26.0 Å². The molecule has 1 fully saturated rings. The Kier molecular flexibility index (Phi) is 5.65. The van der Waals surface area contributed by atoms with Crippen LogP contribution in [0.1, 0.15) is 34.1 Å². The van der Waals surface area contributed by atoms with E-state index in [1.54, 1.807) is 4.31 Å². The molecule has 1 heterocycles. The van der Waals surface area contributed by atoms with Crippen LogP contribution in [0.25, 0.3) is 0 Å². The minimum absolute atomic E-state index is 0.0671. The van der Waals surface area contributed by atoms with Gasteiger partial charge in [0.15, 0.2) is 0 Å². The molecule has 0 bridgehead atoms. The molecule has 1 aliphatic rings. The number of hydrogen-bond donors (Lipinski definition) is 0. The van der Waals surface area contributed by atoms with E-state index in [4.69, 9.17) is 4.74 Å². The lowest BCUT2D eigenvalue weighted by molar-refractivity contribution is -0.106. The molecule has 1 atom stereocenters. The molecule has 0 aliphatic carbocycles. The van der Waals surface area contributed by atoms with Crippen LogP contribution in [0.2, 0.25) is 0 Å². The molecule has 0 aromatic heterocycles. The van der Waals surface area contributed by atoms with Gasteiger partial charge in [-0.1, -0.05) is 29.8 Å². The highest BCUT2D eigenvalue weighted by Crippen LogP contribution is 2.24. The maximum absolute atomic E-state index is 12.3. The number of morpholine rings is 1. The average molecular weight is 342 g/mol. The summed E-state index contributed by atoms with van der Waals surface area (Å²) < 4.78 is 32.0.